The molecule has 2 aliphatic rings. The molecule has 1 saturated carbocycles. The second-order valence-electron chi connectivity index (χ2n) is 8.03. The lowest BCUT2D eigenvalue weighted by molar-refractivity contribution is 0.0733. The molecule has 0 unspecified atom stereocenters. The summed E-state index contributed by atoms with van der Waals surface area (Å²) >= 11 is 0. The zero-order valence-corrected chi connectivity index (χ0v) is 19.3. The van der Waals surface area contributed by atoms with Gasteiger partial charge in [-0.1, -0.05) is 0 Å². The first-order valence-electron chi connectivity index (χ1n) is 10.6. The minimum absolute atomic E-state index is 0.0209. The summed E-state index contributed by atoms with van der Waals surface area (Å²) in [5.41, 5.74) is 1.17. The summed E-state index contributed by atoms with van der Waals surface area (Å²) in [6.07, 6.45) is 3.25. The van der Waals surface area contributed by atoms with E-state index in [9.17, 15) is 13.2 Å². The van der Waals surface area contributed by atoms with Gasteiger partial charge < -0.3 is 19.1 Å². The van der Waals surface area contributed by atoms with Crippen LogP contribution in [0.3, 0.4) is 0 Å². The van der Waals surface area contributed by atoms with E-state index in [1.807, 2.05) is 18.2 Å². The van der Waals surface area contributed by atoms with E-state index in [-0.39, 0.29) is 28.6 Å². The highest BCUT2D eigenvalue weighted by Crippen LogP contribution is 2.40. The van der Waals surface area contributed by atoms with E-state index >= 15 is 0 Å². The van der Waals surface area contributed by atoms with Crippen LogP contribution in [-0.4, -0.2) is 53.1 Å². The highest BCUT2D eigenvalue weighted by atomic mass is 32.2. The third-order valence-corrected chi connectivity index (χ3v) is 7.45. The van der Waals surface area contributed by atoms with Crippen molar-refractivity contribution in [3.63, 3.8) is 0 Å². The largest absolute Gasteiger partial charge is 0.497 e. The summed E-state index contributed by atoms with van der Waals surface area (Å²) in [6.45, 7) is 0.568. The van der Waals surface area contributed by atoms with Crippen LogP contribution < -0.4 is 18.9 Å². The Kier molecular flexibility index (Phi) is 6.30. The van der Waals surface area contributed by atoms with Gasteiger partial charge in [-0.15, -0.1) is 0 Å². The molecule has 1 aliphatic heterocycles. The van der Waals surface area contributed by atoms with E-state index in [1.165, 1.54) is 19.2 Å². The zero-order chi connectivity index (χ0) is 22.9. The highest BCUT2D eigenvalue weighted by molar-refractivity contribution is 7.89. The first-order chi connectivity index (χ1) is 15.4. The van der Waals surface area contributed by atoms with Crippen LogP contribution in [0.15, 0.2) is 41.3 Å². The van der Waals surface area contributed by atoms with E-state index in [1.54, 1.807) is 25.2 Å². The van der Waals surface area contributed by atoms with Crippen molar-refractivity contribution >= 4 is 15.9 Å². The Hall–Kier alpha value is -2.78. The minimum Gasteiger partial charge on any atom is -0.497 e. The van der Waals surface area contributed by atoms with Crippen molar-refractivity contribution in [1.82, 2.24) is 9.62 Å². The van der Waals surface area contributed by atoms with Gasteiger partial charge in [-0.25, -0.2) is 13.1 Å². The molecule has 1 amide bonds. The van der Waals surface area contributed by atoms with Gasteiger partial charge >= 0.3 is 0 Å². The second kappa shape index (κ2) is 8.99. The molecular formula is C23H28N2O6S. The molecular weight excluding hydrogens is 432 g/mol. The van der Waals surface area contributed by atoms with Gasteiger partial charge in [-0.05, 0) is 62.1 Å². The van der Waals surface area contributed by atoms with Crippen molar-refractivity contribution in [3.05, 3.63) is 47.5 Å². The van der Waals surface area contributed by atoms with Gasteiger partial charge in [0.25, 0.3) is 5.91 Å². The molecule has 2 aromatic carbocycles. The lowest BCUT2D eigenvalue weighted by Crippen LogP contribution is -2.31. The van der Waals surface area contributed by atoms with Crippen molar-refractivity contribution in [2.75, 3.05) is 27.9 Å². The maximum atomic E-state index is 13.5. The number of ether oxygens (including phenoxy) is 3. The van der Waals surface area contributed by atoms with E-state index in [4.69, 9.17) is 14.2 Å². The summed E-state index contributed by atoms with van der Waals surface area (Å²) in [5, 5.41) is 0. The molecule has 0 bridgehead atoms. The number of benzene rings is 2. The van der Waals surface area contributed by atoms with Gasteiger partial charge in [0.1, 0.15) is 22.1 Å². The van der Waals surface area contributed by atoms with Crippen LogP contribution in [0.5, 0.6) is 17.2 Å². The van der Waals surface area contributed by atoms with Crippen LogP contribution in [-0.2, 0) is 10.0 Å². The molecule has 0 radical (unpaired) electrons. The third-order valence-electron chi connectivity index (χ3n) is 5.91. The molecule has 32 heavy (non-hydrogen) atoms. The van der Waals surface area contributed by atoms with Gasteiger partial charge in [0.2, 0.25) is 10.0 Å². The Morgan fingerprint density at radius 3 is 2.34 bits per heavy atom. The van der Waals surface area contributed by atoms with Gasteiger partial charge in [-0.3, -0.25) is 4.79 Å². The molecule has 2 fully saturated rings. The molecule has 4 rings (SSSR count). The fraction of sp³-hybridized carbons (Fsp3) is 0.435. The standard InChI is InChI=1S/C23H28N2O6S/c1-29-17-9-11-20(30-2)18(14-17)19-5-4-12-25(19)23(26)15-6-10-21(31-3)22(13-15)32(27,28)24-16-7-8-16/h6,9-11,13-14,16,19,24H,4-5,7-8,12H2,1-3H3/t19-/m1/s1. The summed E-state index contributed by atoms with van der Waals surface area (Å²) in [6, 6.07) is 9.84. The zero-order valence-electron chi connectivity index (χ0n) is 18.5. The Morgan fingerprint density at radius 2 is 1.69 bits per heavy atom. The number of rotatable bonds is 8. The molecule has 0 aromatic heterocycles. The number of nitrogens with zero attached hydrogens (tertiary/aromatic N) is 1. The SMILES string of the molecule is COc1ccc(OC)c([C@H]2CCCN2C(=O)c2ccc(OC)c(S(=O)(=O)NC3CC3)c2)c1. The lowest BCUT2D eigenvalue weighted by atomic mass is 10.0. The fourth-order valence-electron chi connectivity index (χ4n) is 4.10. The molecule has 1 aliphatic carbocycles. The summed E-state index contributed by atoms with van der Waals surface area (Å²) < 4.78 is 44.5. The number of hydrogen-bond acceptors (Lipinski definition) is 6. The van der Waals surface area contributed by atoms with E-state index in [0.717, 1.165) is 31.2 Å². The Balaban J connectivity index is 1.67. The Labute approximate surface area is 188 Å². The van der Waals surface area contributed by atoms with Crippen molar-refractivity contribution in [2.24, 2.45) is 0 Å². The van der Waals surface area contributed by atoms with Gasteiger partial charge in [-0.2, -0.15) is 0 Å². The maximum Gasteiger partial charge on any atom is 0.254 e. The maximum absolute atomic E-state index is 13.5. The van der Waals surface area contributed by atoms with Crippen LogP contribution in [0.25, 0.3) is 0 Å². The average molecular weight is 461 g/mol. The predicted octanol–water partition coefficient (Wildman–Crippen LogP) is 3.13. The monoisotopic (exact) mass is 460 g/mol. The van der Waals surface area contributed by atoms with Crippen LogP contribution in [0, 0.1) is 0 Å². The van der Waals surface area contributed by atoms with Crippen LogP contribution in [0.4, 0.5) is 0 Å². The molecule has 1 heterocycles. The molecule has 1 atom stereocenters. The van der Waals surface area contributed by atoms with Crippen LogP contribution >= 0.6 is 0 Å². The average Bonchev–Trinajstić information content (AvgIpc) is 3.47. The van der Waals surface area contributed by atoms with Crippen molar-refractivity contribution in [3.8, 4) is 17.2 Å². The number of carbonyl (C=O) groups excluding carboxylic acids is 1. The number of likely N-dealkylation sites (tertiary alicyclic amines) is 1. The molecule has 0 spiro atoms. The summed E-state index contributed by atoms with van der Waals surface area (Å²) in [5.74, 6) is 1.34. The number of hydrogen-bond donors (Lipinski definition) is 1. The first kappa shape index (κ1) is 22.4. The Morgan fingerprint density at radius 1 is 0.969 bits per heavy atom. The molecule has 1 N–H and O–H groups in total. The van der Waals surface area contributed by atoms with Crippen LogP contribution in [0.2, 0.25) is 0 Å². The van der Waals surface area contributed by atoms with E-state index in [0.29, 0.717) is 23.6 Å². The summed E-state index contributed by atoms with van der Waals surface area (Å²) in [7, 11) is 0.821. The Bertz CT molecular complexity index is 1110. The lowest BCUT2D eigenvalue weighted by Gasteiger charge is -2.27. The first-order valence-corrected chi connectivity index (χ1v) is 12.1. The van der Waals surface area contributed by atoms with Gasteiger partial charge in [0.15, 0.2) is 0 Å². The minimum atomic E-state index is -3.79. The number of amides is 1. The van der Waals surface area contributed by atoms with Crippen LogP contribution in [0.1, 0.15) is 47.6 Å². The molecule has 9 heteroatoms. The molecule has 8 nitrogen and oxygen atoms in total. The fourth-order valence-corrected chi connectivity index (χ4v) is 5.60. The number of sulfonamides is 1. The number of nitrogens with one attached hydrogen (secondary N) is 1. The highest BCUT2D eigenvalue weighted by Gasteiger charge is 2.34. The van der Waals surface area contributed by atoms with Crippen molar-refractivity contribution in [1.29, 1.82) is 0 Å². The third kappa shape index (κ3) is 4.40. The predicted molar refractivity (Wildman–Crippen MR) is 119 cm³/mol. The number of methoxy groups -OCH3 is 3. The smallest absolute Gasteiger partial charge is 0.254 e. The number of carbonyl (C=O) groups is 1. The molecule has 172 valence electrons. The van der Waals surface area contributed by atoms with Crippen molar-refractivity contribution in [2.45, 2.75) is 42.7 Å². The molecule has 1 saturated heterocycles. The van der Waals surface area contributed by atoms with Gasteiger partial charge in [0.05, 0.1) is 27.4 Å². The summed E-state index contributed by atoms with van der Waals surface area (Å²) in [4.78, 5) is 15.2. The van der Waals surface area contributed by atoms with E-state index in [2.05, 4.69) is 4.72 Å². The molecule has 2 aromatic rings. The quantitative estimate of drug-likeness (QED) is 0.651. The van der Waals surface area contributed by atoms with Gasteiger partial charge in [0, 0.05) is 23.7 Å². The topological polar surface area (TPSA) is 94.2 Å². The van der Waals surface area contributed by atoms with Crippen molar-refractivity contribution < 1.29 is 27.4 Å². The normalized spacial score (nSPS) is 18.5. The van der Waals surface area contributed by atoms with E-state index < -0.39 is 10.0 Å². The second-order valence-corrected chi connectivity index (χ2v) is 9.71.